The van der Waals surface area contributed by atoms with Crippen LogP contribution in [0.1, 0.15) is 25.6 Å². The Hall–Kier alpha value is -1.12. The zero-order valence-electron chi connectivity index (χ0n) is 6.20. The second kappa shape index (κ2) is 2.64. The van der Waals surface area contributed by atoms with Gasteiger partial charge in [0.05, 0.1) is 18.1 Å². The molecule has 1 aromatic heterocycles. The zero-order valence-corrected chi connectivity index (χ0v) is 6.20. The van der Waals surface area contributed by atoms with Gasteiger partial charge in [-0.2, -0.15) is 0 Å². The SMILES string of the molecule is CC(C)c1ncc(N)cn1. The first kappa shape index (κ1) is 6.99. The van der Waals surface area contributed by atoms with Crippen molar-refractivity contribution in [1.82, 2.24) is 9.97 Å². The van der Waals surface area contributed by atoms with Gasteiger partial charge in [0.1, 0.15) is 5.82 Å². The van der Waals surface area contributed by atoms with Crippen LogP contribution in [0.2, 0.25) is 0 Å². The summed E-state index contributed by atoms with van der Waals surface area (Å²) in [5, 5.41) is 0. The maximum atomic E-state index is 5.40. The van der Waals surface area contributed by atoms with Crippen molar-refractivity contribution in [3.05, 3.63) is 18.2 Å². The van der Waals surface area contributed by atoms with Crippen LogP contribution < -0.4 is 5.73 Å². The zero-order chi connectivity index (χ0) is 7.56. The van der Waals surface area contributed by atoms with Crippen molar-refractivity contribution in [3.8, 4) is 0 Å². The van der Waals surface area contributed by atoms with Crippen molar-refractivity contribution in [2.24, 2.45) is 0 Å². The maximum absolute atomic E-state index is 5.40. The molecule has 0 atom stereocenters. The third kappa shape index (κ3) is 1.43. The quantitative estimate of drug-likeness (QED) is 0.632. The van der Waals surface area contributed by atoms with Gasteiger partial charge < -0.3 is 5.73 Å². The Morgan fingerprint density at radius 1 is 1.30 bits per heavy atom. The van der Waals surface area contributed by atoms with E-state index < -0.39 is 0 Å². The van der Waals surface area contributed by atoms with Crippen LogP contribution in [0, 0.1) is 0 Å². The molecule has 0 aliphatic rings. The molecule has 0 aliphatic carbocycles. The minimum Gasteiger partial charge on any atom is -0.396 e. The average Bonchev–Trinajstić information content (AvgIpc) is 1.88. The molecule has 0 bridgehead atoms. The van der Waals surface area contributed by atoms with Crippen LogP contribution in [0.3, 0.4) is 0 Å². The van der Waals surface area contributed by atoms with E-state index in [1.165, 1.54) is 0 Å². The van der Waals surface area contributed by atoms with Crippen LogP contribution >= 0.6 is 0 Å². The molecule has 0 aliphatic heterocycles. The van der Waals surface area contributed by atoms with Gasteiger partial charge in [-0.15, -0.1) is 0 Å². The van der Waals surface area contributed by atoms with Crippen LogP contribution in [-0.4, -0.2) is 9.97 Å². The summed E-state index contributed by atoms with van der Waals surface area (Å²) in [5.41, 5.74) is 6.02. The molecule has 1 heterocycles. The molecule has 1 aromatic rings. The number of hydrogen-bond donors (Lipinski definition) is 1. The van der Waals surface area contributed by atoms with E-state index in [2.05, 4.69) is 9.97 Å². The van der Waals surface area contributed by atoms with Gasteiger partial charge in [-0.3, -0.25) is 0 Å². The number of nitrogens with zero attached hydrogens (tertiary/aromatic N) is 2. The van der Waals surface area contributed by atoms with Gasteiger partial charge in [0, 0.05) is 5.92 Å². The number of anilines is 1. The van der Waals surface area contributed by atoms with E-state index in [0.29, 0.717) is 11.6 Å². The Labute approximate surface area is 60.3 Å². The number of nitrogens with two attached hydrogens (primary N) is 1. The van der Waals surface area contributed by atoms with E-state index >= 15 is 0 Å². The van der Waals surface area contributed by atoms with E-state index in [1.54, 1.807) is 12.4 Å². The minimum atomic E-state index is 0.376. The van der Waals surface area contributed by atoms with Gasteiger partial charge in [-0.25, -0.2) is 9.97 Å². The van der Waals surface area contributed by atoms with Gasteiger partial charge in [-0.05, 0) is 0 Å². The summed E-state index contributed by atoms with van der Waals surface area (Å²) < 4.78 is 0. The highest BCUT2D eigenvalue weighted by molar-refractivity contribution is 5.30. The molecule has 0 saturated carbocycles. The van der Waals surface area contributed by atoms with Gasteiger partial charge in [0.25, 0.3) is 0 Å². The predicted octanol–water partition coefficient (Wildman–Crippen LogP) is 1.18. The number of aromatic nitrogens is 2. The van der Waals surface area contributed by atoms with Crippen LogP contribution in [0.15, 0.2) is 12.4 Å². The summed E-state index contributed by atoms with van der Waals surface area (Å²) in [7, 11) is 0. The molecule has 0 aromatic carbocycles. The topological polar surface area (TPSA) is 51.8 Å². The number of nitrogen functional groups attached to an aromatic ring is 1. The minimum absolute atomic E-state index is 0.376. The van der Waals surface area contributed by atoms with Crippen molar-refractivity contribution in [3.63, 3.8) is 0 Å². The Morgan fingerprint density at radius 2 is 1.80 bits per heavy atom. The normalized spacial score (nSPS) is 10.3. The number of hydrogen-bond acceptors (Lipinski definition) is 3. The fourth-order valence-corrected chi connectivity index (χ4v) is 0.646. The summed E-state index contributed by atoms with van der Waals surface area (Å²) in [4.78, 5) is 8.08. The molecule has 10 heavy (non-hydrogen) atoms. The van der Waals surface area contributed by atoms with Gasteiger partial charge in [0.2, 0.25) is 0 Å². The summed E-state index contributed by atoms with van der Waals surface area (Å²) >= 11 is 0. The van der Waals surface area contributed by atoms with Crippen molar-refractivity contribution < 1.29 is 0 Å². The average molecular weight is 137 g/mol. The molecule has 0 fully saturated rings. The summed E-state index contributed by atoms with van der Waals surface area (Å²) in [6, 6.07) is 0. The molecule has 0 spiro atoms. The Bertz CT molecular complexity index is 203. The summed E-state index contributed by atoms with van der Waals surface area (Å²) in [5.74, 6) is 1.22. The third-order valence-corrected chi connectivity index (χ3v) is 1.21. The van der Waals surface area contributed by atoms with Crippen molar-refractivity contribution >= 4 is 5.69 Å². The van der Waals surface area contributed by atoms with Crippen LogP contribution in [0.25, 0.3) is 0 Å². The van der Waals surface area contributed by atoms with E-state index in [1.807, 2.05) is 13.8 Å². The van der Waals surface area contributed by atoms with Crippen LogP contribution in [0.5, 0.6) is 0 Å². The molecule has 54 valence electrons. The lowest BCUT2D eigenvalue weighted by Crippen LogP contribution is -1.97. The highest BCUT2D eigenvalue weighted by Gasteiger charge is 1.99. The Kier molecular flexibility index (Phi) is 1.85. The van der Waals surface area contributed by atoms with Gasteiger partial charge in [-0.1, -0.05) is 13.8 Å². The highest BCUT2D eigenvalue weighted by atomic mass is 14.9. The third-order valence-electron chi connectivity index (χ3n) is 1.21. The van der Waals surface area contributed by atoms with Gasteiger partial charge >= 0.3 is 0 Å². The van der Waals surface area contributed by atoms with E-state index in [4.69, 9.17) is 5.73 Å². The molecular formula is C7H11N3. The van der Waals surface area contributed by atoms with Gasteiger partial charge in [0.15, 0.2) is 0 Å². The first-order valence-corrected chi connectivity index (χ1v) is 3.27. The van der Waals surface area contributed by atoms with E-state index in [-0.39, 0.29) is 0 Å². The maximum Gasteiger partial charge on any atom is 0.130 e. The molecule has 3 nitrogen and oxygen atoms in total. The predicted molar refractivity (Wildman–Crippen MR) is 40.5 cm³/mol. The molecule has 1 rings (SSSR count). The van der Waals surface area contributed by atoms with E-state index in [0.717, 1.165) is 5.82 Å². The highest BCUT2D eigenvalue weighted by Crippen LogP contribution is 2.07. The number of rotatable bonds is 1. The van der Waals surface area contributed by atoms with E-state index in [9.17, 15) is 0 Å². The smallest absolute Gasteiger partial charge is 0.130 e. The van der Waals surface area contributed by atoms with Crippen LogP contribution in [-0.2, 0) is 0 Å². The van der Waals surface area contributed by atoms with Crippen molar-refractivity contribution in [1.29, 1.82) is 0 Å². The summed E-state index contributed by atoms with van der Waals surface area (Å²) in [6.45, 7) is 4.09. The Morgan fingerprint density at radius 3 is 2.20 bits per heavy atom. The largest absolute Gasteiger partial charge is 0.396 e. The fraction of sp³-hybridized carbons (Fsp3) is 0.429. The molecule has 2 N–H and O–H groups in total. The lowest BCUT2D eigenvalue weighted by atomic mass is 10.2. The standard InChI is InChI=1S/C7H11N3/c1-5(2)7-9-3-6(8)4-10-7/h3-5H,8H2,1-2H3. The second-order valence-electron chi connectivity index (χ2n) is 2.53. The molecular weight excluding hydrogens is 126 g/mol. The fourth-order valence-electron chi connectivity index (χ4n) is 0.646. The lowest BCUT2D eigenvalue weighted by molar-refractivity contribution is 0.775. The Balaban J connectivity index is 2.89. The van der Waals surface area contributed by atoms with Crippen molar-refractivity contribution in [2.75, 3.05) is 5.73 Å². The summed E-state index contributed by atoms with van der Waals surface area (Å²) in [6.07, 6.45) is 3.25. The molecule has 0 unspecified atom stereocenters. The van der Waals surface area contributed by atoms with Crippen molar-refractivity contribution in [2.45, 2.75) is 19.8 Å². The van der Waals surface area contributed by atoms with Crippen LogP contribution in [0.4, 0.5) is 5.69 Å². The second-order valence-corrected chi connectivity index (χ2v) is 2.53. The lowest BCUT2D eigenvalue weighted by Gasteiger charge is -2.00. The first-order valence-electron chi connectivity index (χ1n) is 3.27. The monoisotopic (exact) mass is 137 g/mol. The molecule has 0 amide bonds. The molecule has 0 saturated heterocycles. The molecule has 3 heteroatoms. The first-order chi connectivity index (χ1) is 4.70. The molecule has 0 radical (unpaired) electrons.